The summed E-state index contributed by atoms with van der Waals surface area (Å²) in [5.41, 5.74) is 2.98. The summed E-state index contributed by atoms with van der Waals surface area (Å²) in [5, 5.41) is 19.7. The van der Waals surface area contributed by atoms with Crippen LogP contribution in [0, 0.1) is 0 Å². The Balaban J connectivity index is 1.96. The van der Waals surface area contributed by atoms with Crippen molar-refractivity contribution in [3.05, 3.63) is 51.5 Å². The van der Waals surface area contributed by atoms with E-state index < -0.39 is 18.0 Å². The van der Waals surface area contributed by atoms with Crippen LogP contribution in [-0.2, 0) is 16.0 Å². The zero-order chi connectivity index (χ0) is 16.1. The number of carbonyl (C=O) groups is 2. The van der Waals surface area contributed by atoms with Crippen molar-refractivity contribution in [1.82, 2.24) is 0 Å². The Kier molecular flexibility index (Phi) is 3.43. The molecule has 2 unspecified atom stereocenters. The molecule has 0 aromatic heterocycles. The molecule has 0 fully saturated rings. The number of hydrogen-bond acceptors (Lipinski definition) is 4. The average Bonchev–Trinajstić information content (AvgIpc) is 2.84. The molecule has 1 aliphatic heterocycles. The van der Waals surface area contributed by atoms with Crippen LogP contribution in [0.1, 0.15) is 48.0 Å². The highest BCUT2D eigenvalue weighted by molar-refractivity contribution is 8.03. The number of aliphatic hydroxyl groups is 1. The van der Waals surface area contributed by atoms with Gasteiger partial charge in [-0.25, -0.2) is 0 Å². The second kappa shape index (κ2) is 5.35. The van der Waals surface area contributed by atoms with Gasteiger partial charge >= 0.3 is 5.97 Å². The maximum atomic E-state index is 12.8. The summed E-state index contributed by atoms with van der Waals surface area (Å²) in [6.07, 6.45) is 6.40. The lowest BCUT2D eigenvalue weighted by Crippen LogP contribution is -2.23. The first-order valence-corrected chi connectivity index (χ1v) is 8.59. The van der Waals surface area contributed by atoms with Crippen molar-refractivity contribution in [1.29, 1.82) is 0 Å². The third kappa shape index (κ3) is 2.18. The number of fused-ring (bicyclic) bond motifs is 4. The van der Waals surface area contributed by atoms with Gasteiger partial charge in [-0.3, -0.25) is 9.59 Å². The molecule has 1 aromatic carbocycles. The summed E-state index contributed by atoms with van der Waals surface area (Å²) in [6, 6.07) is 3.50. The third-order valence-electron chi connectivity index (χ3n) is 4.76. The Morgan fingerprint density at radius 2 is 1.91 bits per heavy atom. The summed E-state index contributed by atoms with van der Waals surface area (Å²) in [7, 11) is 0. The van der Waals surface area contributed by atoms with Crippen LogP contribution in [0.15, 0.2) is 39.7 Å². The van der Waals surface area contributed by atoms with Crippen LogP contribution in [0.25, 0.3) is 0 Å². The number of carboxylic acid groups (broad SMARTS) is 1. The van der Waals surface area contributed by atoms with E-state index in [-0.39, 0.29) is 5.78 Å². The topological polar surface area (TPSA) is 74.6 Å². The molecule has 4 rings (SSSR count). The van der Waals surface area contributed by atoms with Gasteiger partial charge in [0.05, 0.1) is 6.10 Å². The van der Waals surface area contributed by atoms with Gasteiger partial charge in [-0.15, -0.1) is 0 Å². The third-order valence-corrected chi connectivity index (χ3v) is 6.05. The zero-order valence-electron chi connectivity index (χ0n) is 12.4. The number of rotatable bonds is 1. The smallest absolute Gasteiger partial charge is 0.319 e. The standard InChI is InChI=1S/C18H16O4S/c19-13-8-7-10-9(13)5-6-12-15(18(21)22)16(20)11-3-1-2-4-14(11)23-17(10)12/h3-6,13,15,19H,1-2,7-8H2,(H,21,22). The van der Waals surface area contributed by atoms with Gasteiger partial charge in [-0.2, -0.15) is 0 Å². The van der Waals surface area contributed by atoms with Crippen LogP contribution in [0.4, 0.5) is 0 Å². The Hall–Kier alpha value is -1.85. The van der Waals surface area contributed by atoms with E-state index >= 15 is 0 Å². The number of carboxylic acids is 1. The number of aliphatic hydroxyl groups excluding tert-OH is 1. The van der Waals surface area contributed by atoms with Crippen molar-refractivity contribution in [2.24, 2.45) is 0 Å². The van der Waals surface area contributed by atoms with E-state index in [2.05, 4.69) is 0 Å². The van der Waals surface area contributed by atoms with Crippen LogP contribution in [0.5, 0.6) is 0 Å². The van der Waals surface area contributed by atoms with Gasteiger partial charge in [0.25, 0.3) is 0 Å². The van der Waals surface area contributed by atoms with E-state index in [1.54, 1.807) is 12.1 Å². The lowest BCUT2D eigenvalue weighted by Gasteiger charge is -2.15. The maximum absolute atomic E-state index is 12.8. The van der Waals surface area contributed by atoms with Crippen molar-refractivity contribution >= 4 is 23.5 Å². The number of benzene rings is 1. The fraction of sp³-hybridized carbons (Fsp3) is 0.333. The molecule has 118 valence electrons. The first-order valence-electron chi connectivity index (χ1n) is 7.77. The first-order chi connectivity index (χ1) is 11.1. The van der Waals surface area contributed by atoms with E-state index in [0.29, 0.717) is 17.6 Å². The predicted molar refractivity (Wildman–Crippen MR) is 86.4 cm³/mol. The lowest BCUT2D eigenvalue weighted by molar-refractivity contribution is -0.141. The second-order valence-corrected chi connectivity index (χ2v) is 7.16. The number of hydrogen-bond donors (Lipinski definition) is 2. The van der Waals surface area contributed by atoms with Gasteiger partial charge < -0.3 is 10.2 Å². The zero-order valence-corrected chi connectivity index (χ0v) is 13.2. The van der Waals surface area contributed by atoms with E-state index in [1.807, 2.05) is 12.2 Å². The molecule has 23 heavy (non-hydrogen) atoms. The van der Waals surface area contributed by atoms with Crippen molar-refractivity contribution < 1.29 is 19.8 Å². The Labute approximate surface area is 137 Å². The van der Waals surface area contributed by atoms with E-state index in [1.165, 1.54) is 11.8 Å². The van der Waals surface area contributed by atoms with Crippen molar-refractivity contribution in [3.63, 3.8) is 0 Å². The lowest BCUT2D eigenvalue weighted by atomic mass is 9.87. The molecule has 4 nitrogen and oxygen atoms in total. The van der Waals surface area contributed by atoms with Gasteiger partial charge in [0.15, 0.2) is 5.78 Å². The molecule has 5 heteroatoms. The first kappa shape index (κ1) is 14.7. The molecular formula is C18H16O4S. The molecule has 0 radical (unpaired) electrons. The van der Waals surface area contributed by atoms with Gasteiger partial charge in [0.2, 0.25) is 0 Å². The number of allylic oxidation sites excluding steroid dienone is 3. The minimum absolute atomic E-state index is 0.326. The van der Waals surface area contributed by atoms with Gasteiger partial charge in [0.1, 0.15) is 5.92 Å². The monoisotopic (exact) mass is 328 g/mol. The highest BCUT2D eigenvalue weighted by Gasteiger charge is 2.39. The highest BCUT2D eigenvalue weighted by atomic mass is 32.2. The molecule has 1 aromatic rings. The molecule has 3 aliphatic rings. The van der Waals surface area contributed by atoms with Crippen LogP contribution < -0.4 is 0 Å². The number of aliphatic carboxylic acids is 1. The molecule has 0 saturated carbocycles. The molecule has 2 N–H and O–H groups in total. The Morgan fingerprint density at radius 1 is 1.17 bits per heavy atom. The summed E-state index contributed by atoms with van der Waals surface area (Å²) < 4.78 is 0. The van der Waals surface area contributed by atoms with Crippen molar-refractivity contribution in [2.75, 3.05) is 0 Å². The summed E-state index contributed by atoms with van der Waals surface area (Å²) >= 11 is 1.49. The van der Waals surface area contributed by atoms with Gasteiger partial charge in [-0.1, -0.05) is 36.0 Å². The Morgan fingerprint density at radius 3 is 2.70 bits per heavy atom. The molecule has 0 amide bonds. The SMILES string of the molecule is O=C(O)C1C(=O)C2=CCCC=C2Sc2c1ccc1c2CCC1O. The molecule has 0 saturated heterocycles. The molecular weight excluding hydrogens is 312 g/mol. The molecule has 0 spiro atoms. The summed E-state index contributed by atoms with van der Waals surface area (Å²) in [6.45, 7) is 0. The van der Waals surface area contributed by atoms with E-state index in [9.17, 15) is 19.8 Å². The molecule has 2 aliphatic carbocycles. The number of Topliss-reactive ketones (excluding diaryl/α,β-unsaturated/α-hetero) is 1. The fourth-order valence-corrected chi connectivity index (χ4v) is 5.00. The van der Waals surface area contributed by atoms with E-state index in [0.717, 1.165) is 40.2 Å². The molecule has 1 heterocycles. The second-order valence-electron chi connectivity index (χ2n) is 6.11. The molecule has 2 atom stereocenters. The van der Waals surface area contributed by atoms with Crippen LogP contribution in [0.3, 0.4) is 0 Å². The minimum Gasteiger partial charge on any atom is -0.480 e. The van der Waals surface area contributed by atoms with Crippen LogP contribution in [0.2, 0.25) is 0 Å². The van der Waals surface area contributed by atoms with Crippen molar-refractivity contribution in [2.45, 2.75) is 42.6 Å². The number of ketones is 1. The quantitative estimate of drug-likeness (QED) is 0.775. The Bertz CT molecular complexity index is 790. The van der Waals surface area contributed by atoms with Crippen LogP contribution >= 0.6 is 11.8 Å². The van der Waals surface area contributed by atoms with Crippen LogP contribution in [-0.4, -0.2) is 22.0 Å². The van der Waals surface area contributed by atoms with Gasteiger partial charge in [-0.05, 0) is 42.4 Å². The predicted octanol–water partition coefficient (Wildman–Crippen LogP) is 3.11. The van der Waals surface area contributed by atoms with Crippen molar-refractivity contribution in [3.8, 4) is 0 Å². The average molecular weight is 328 g/mol. The summed E-state index contributed by atoms with van der Waals surface area (Å²) in [5.74, 6) is -2.59. The number of carbonyl (C=O) groups excluding carboxylic acids is 1. The minimum atomic E-state index is -1.16. The highest BCUT2D eigenvalue weighted by Crippen LogP contribution is 2.49. The van der Waals surface area contributed by atoms with Gasteiger partial charge in [0, 0.05) is 15.4 Å². The van der Waals surface area contributed by atoms with E-state index in [4.69, 9.17) is 0 Å². The number of thioether (sulfide) groups is 1. The normalized spacial score (nSPS) is 25.7. The fourth-order valence-electron chi connectivity index (χ4n) is 3.64. The molecule has 0 bridgehead atoms. The maximum Gasteiger partial charge on any atom is 0.319 e. The largest absolute Gasteiger partial charge is 0.480 e. The summed E-state index contributed by atoms with van der Waals surface area (Å²) in [4.78, 5) is 26.3.